The van der Waals surface area contributed by atoms with Crippen molar-refractivity contribution in [2.45, 2.75) is 18.9 Å². The Labute approximate surface area is 123 Å². The zero-order valence-electron chi connectivity index (χ0n) is 11.8. The second-order valence-electron chi connectivity index (χ2n) is 5.31. The van der Waals surface area contributed by atoms with Gasteiger partial charge in [-0.2, -0.15) is 0 Å². The zero-order valence-corrected chi connectivity index (χ0v) is 11.8. The van der Waals surface area contributed by atoms with E-state index in [4.69, 9.17) is 4.74 Å². The van der Waals surface area contributed by atoms with E-state index >= 15 is 0 Å². The molecule has 2 N–H and O–H groups in total. The van der Waals surface area contributed by atoms with Crippen molar-refractivity contribution in [3.8, 4) is 0 Å². The third-order valence-electron chi connectivity index (χ3n) is 3.80. The number of fused-ring (bicyclic) bond motifs is 1. The molecule has 2 heterocycles. The Morgan fingerprint density at radius 1 is 1.29 bits per heavy atom. The number of hydrogen-bond acceptors (Lipinski definition) is 4. The molecule has 0 unspecified atom stereocenters. The van der Waals surface area contributed by atoms with Crippen LogP contribution in [-0.4, -0.2) is 44.2 Å². The van der Waals surface area contributed by atoms with Crippen molar-refractivity contribution in [3.05, 3.63) is 24.3 Å². The number of ether oxygens (including phenoxy) is 1. The summed E-state index contributed by atoms with van der Waals surface area (Å²) in [7, 11) is 0. The van der Waals surface area contributed by atoms with Crippen LogP contribution in [0.4, 0.5) is 11.4 Å². The van der Waals surface area contributed by atoms with E-state index in [1.807, 2.05) is 18.2 Å². The highest BCUT2D eigenvalue weighted by atomic mass is 16.5. The maximum atomic E-state index is 12.4. The number of hydrogen-bond donors (Lipinski definition) is 2. The molecule has 3 rings (SSSR count). The lowest BCUT2D eigenvalue weighted by Gasteiger charge is -2.30. The smallest absolute Gasteiger partial charge is 0.253 e. The summed E-state index contributed by atoms with van der Waals surface area (Å²) in [5.74, 6) is -0.347. The molecule has 0 spiro atoms. The van der Waals surface area contributed by atoms with Gasteiger partial charge in [0.2, 0.25) is 5.91 Å². The molecule has 0 saturated carbocycles. The first-order chi connectivity index (χ1) is 10.2. The van der Waals surface area contributed by atoms with E-state index in [1.54, 1.807) is 6.07 Å². The summed E-state index contributed by atoms with van der Waals surface area (Å²) in [5.41, 5.74) is 1.40. The predicted molar refractivity (Wildman–Crippen MR) is 79.3 cm³/mol. The fourth-order valence-electron chi connectivity index (χ4n) is 2.68. The molecule has 6 heteroatoms. The molecule has 21 heavy (non-hydrogen) atoms. The first kappa shape index (κ1) is 14.0. The van der Waals surface area contributed by atoms with Crippen LogP contribution < -0.4 is 15.5 Å². The normalized spacial score (nSPS) is 19.0. The van der Waals surface area contributed by atoms with E-state index in [0.717, 1.165) is 31.6 Å². The Bertz CT molecular complexity index is 541. The van der Waals surface area contributed by atoms with Gasteiger partial charge in [0.15, 0.2) is 0 Å². The highest BCUT2D eigenvalue weighted by Crippen LogP contribution is 2.28. The molecule has 2 aliphatic rings. The summed E-state index contributed by atoms with van der Waals surface area (Å²) in [6.07, 6.45) is 1.97. The average Bonchev–Trinajstić information content (AvgIpc) is 2.52. The average molecular weight is 289 g/mol. The molecule has 1 fully saturated rings. The van der Waals surface area contributed by atoms with Crippen LogP contribution in [0.2, 0.25) is 0 Å². The van der Waals surface area contributed by atoms with E-state index in [2.05, 4.69) is 10.6 Å². The second-order valence-corrected chi connectivity index (χ2v) is 5.31. The van der Waals surface area contributed by atoms with E-state index in [1.165, 1.54) is 4.90 Å². The number of rotatable bonds is 3. The van der Waals surface area contributed by atoms with Crippen LogP contribution in [0.15, 0.2) is 24.3 Å². The lowest BCUT2D eigenvalue weighted by Crippen LogP contribution is -2.44. The molecule has 1 saturated heterocycles. The van der Waals surface area contributed by atoms with Gasteiger partial charge >= 0.3 is 0 Å². The molecule has 0 atom stereocenters. The quantitative estimate of drug-likeness (QED) is 0.861. The zero-order chi connectivity index (χ0) is 14.7. The number of para-hydroxylation sites is 2. The van der Waals surface area contributed by atoms with Gasteiger partial charge in [-0.15, -0.1) is 0 Å². The van der Waals surface area contributed by atoms with Gasteiger partial charge < -0.3 is 15.4 Å². The largest absolute Gasteiger partial charge is 0.368 e. The summed E-state index contributed by atoms with van der Waals surface area (Å²) < 4.78 is 5.69. The van der Waals surface area contributed by atoms with Crippen LogP contribution in [0, 0.1) is 0 Å². The molecular weight excluding hydrogens is 270 g/mol. The van der Waals surface area contributed by atoms with E-state index in [-0.39, 0.29) is 31.1 Å². The van der Waals surface area contributed by atoms with Crippen molar-refractivity contribution in [2.75, 3.05) is 36.5 Å². The minimum Gasteiger partial charge on any atom is -0.368 e. The van der Waals surface area contributed by atoms with Crippen molar-refractivity contribution in [3.63, 3.8) is 0 Å². The van der Waals surface area contributed by atoms with Gasteiger partial charge in [-0.1, -0.05) is 12.1 Å². The number of carbonyl (C=O) groups excluding carboxylic acids is 2. The van der Waals surface area contributed by atoms with E-state index in [9.17, 15) is 9.59 Å². The summed E-state index contributed by atoms with van der Waals surface area (Å²) in [6, 6.07) is 7.31. The standard InChI is InChI=1S/C15H19N3O3/c19-14-9-18(13-4-2-1-3-12(13)17-14)15(20)10-21-11-5-7-16-8-6-11/h1-4,11,16H,5-10H2,(H,17,19). The Kier molecular flexibility index (Phi) is 4.17. The number of nitrogens with zero attached hydrogens (tertiary/aromatic N) is 1. The van der Waals surface area contributed by atoms with Gasteiger partial charge in [-0.25, -0.2) is 0 Å². The van der Waals surface area contributed by atoms with E-state index in [0.29, 0.717) is 5.69 Å². The Balaban J connectivity index is 1.65. The number of piperidine rings is 1. The minimum absolute atomic E-state index is 0.0201. The first-order valence-electron chi connectivity index (χ1n) is 7.25. The number of carbonyl (C=O) groups is 2. The molecule has 1 aromatic carbocycles. The highest BCUT2D eigenvalue weighted by molar-refractivity contribution is 6.10. The summed E-state index contributed by atoms with van der Waals surface area (Å²) in [5, 5.41) is 6.02. The highest BCUT2D eigenvalue weighted by Gasteiger charge is 2.27. The molecule has 112 valence electrons. The molecule has 0 radical (unpaired) electrons. The van der Waals surface area contributed by atoms with Crippen molar-refractivity contribution in [2.24, 2.45) is 0 Å². The SMILES string of the molecule is O=C1CN(C(=O)COC2CCNCC2)c2ccccc2N1. The fraction of sp³-hybridized carbons (Fsp3) is 0.467. The Morgan fingerprint density at radius 2 is 2.05 bits per heavy atom. The van der Waals surface area contributed by atoms with Crippen LogP contribution in [0.1, 0.15) is 12.8 Å². The van der Waals surface area contributed by atoms with Crippen LogP contribution >= 0.6 is 0 Å². The van der Waals surface area contributed by atoms with Crippen LogP contribution in [0.25, 0.3) is 0 Å². The Morgan fingerprint density at radius 3 is 2.86 bits per heavy atom. The third kappa shape index (κ3) is 3.22. The van der Waals surface area contributed by atoms with Crippen molar-refractivity contribution >= 4 is 23.2 Å². The van der Waals surface area contributed by atoms with Crippen LogP contribution in [0.5, 0.6) is 0 Å². The maximum absolute atomic E-state index is 12.4. The second kappa shape index (κ2) is 6.24. The van der Waals surface area contributed by atoms with E-state index < -0.39 is 0 Å². The molecule has 0 bridgehead atoms. The number of nitrogens with one attached hydrogen (secondary N) is 2. The van der Waals surface area contributed by atoms with Gasteiger partial charge in [0, 0.05) is 0 Å². The number of anilines is 2. The molecule has 2 aliphatic heterocycles. The van der Waals surface area contributed by atoms with Gasteiger partial charge in [-0.3, -0.25) is 14.5 Å². The van der Waals surface area contributed by atoms with Gasteiger partial charge in [0.05, 0.1) is 17.5 Å². The maximum Gasteiger partial charge on any atom is 0.253 e. The van der Waals surface area contributed by atoms with Gasteiger partial charge in [0.25, 0.3) is 5.91 Å². The predicted octanol–water partition coefficient (Wildman–Crippen LogP) is 0.740. The molecule has 6 nitrogen and oxygen atoms in total. The monoisotopic (exact) mass is 289 g/mol. The van der Waals surface area contributed by atoms with Crippen LogP contribution in [0.3, 0.4) is 0 Å². The summed E-state index contributed by atoms with van der Waals surface area (Å²) in [4.78, 5) is 25.5. The van der Waals surface area contributed by atoms with Gasteiger partial charge in [-0.05, 0) is 38.1 Å². The first-order valence-corrected chi connectivity index (χ1v) is 7.25. The molecule has 1 aromatic rings. The van der Waals surface area contributed by atoms with Crippen molar-refractivity contribution < 1.29 is 14.3 Å². The van der Waals surface area contributed by atoms with Crippen molar-refractivity contribution in [1.82, 2.24) is 5.32 Å². The number of benzene rings is 1. The molecule has 0 aliphatic carbocycles. The topological polar surface area (TPSA) is 70.7 Å². The summed E-state index contributed by atoms with van der Waals surface area (Å²) >= 11 is 0. The fourth-order valence-corrected chi connectivity index (χ4v) is 2.68. The Hall–Kier alpha value is -1.92. The third-order valence-corrected chi connectivity index (χ3v) is 3.80. The number of amides is 2. The summed E-state index contributed by atoms with van der Waals surface area (Å²) in [6.45, 7) is 1.92. The lowest BCUT2D eigenvalue weighted by molar-refractivity contribution is -0.127. The van der Waals surface area contributed by atoms with Crippen molar-refractivity contribution in [1.29, 1.82) is 0 Å². The molecule has 2 amide bonds. The molecular formula is C15H19N3O3. The molecule has 0 aromatic heterocycles. The van der Waals surface area contributed by atoms with Gasteiger partial charge in [0.1, 0.15) is 13.2 Å². The minimum atomic E-state index is -0.177. The lowest BCUT2D eigenvalue weighted by atomic mass is 10.1. The van der Waals surface area contributed by atoms with Crippen LogP contribution in [-0.2, 0) is 14.3 Å².